The normalized spacial score (nSPS) is 15.3. The maximum atomic E-state index is 6.55. The van der Waals surface area contributed by atoms with Crippen molar-refractivity contribution >= 4 is 34.1 Å². The summed E-state index contributed by atoms with van der Waals surface area (Å²) in [6, 6.07) is 6.05. The van der Waals surface area contributed by atoms with Gasteiger partial charge in [0.1, 0.15) is 30.1 Å². The van der Waals surface area contributed by atoms with E-state index in [0.29, 0.717) is 29.3 Å². The van der Waals surface area contributed by atoms with E-state index in [2.05, 4.69) is 61.8 Å². The summed E-state index contributed by atoms with van der Waals surface area (Å²) in [4.78, 5) is 19.1. The largest absolute Gasteiger partial charge is 0.486 e. The SMILES string of the molecule is CC(C)n1cnc(COc2ccc(Nc3ncnc4[nH]cc(C5CCN(C)CC5)c34)cc2Cl)c1. The van der Waals surface area contributed by atoms with Crippen molar-refractivity contribution in [3.63, 3.8) is 0 Å². The molecule has 1 saturated heterocycles. The van der Waals surface area contributed by atoms with Crippen LogP contribution in [-0.4, -0.2) is 49.5 Å². The fourth-order valence-corrected chi connectivity index (χ4v) is 4.68. The van der Waals surface area contributed by atoms with E-state index < -0.39 is 0 Å². The first-order chi connectivity index (χ1) is 16.5. The second-order valence-electron chi connectivity index (χ2n) is 9.23. The predicted molar refractivity (Wildman–Crippen MR) is 135 cm³/mol. The number of nitrogens with one attached hydrogen (secondary N) is 2. The van der Waals surface area contributed by atoms with Gasteiger partial charge in [0.25, 0.3) is 0 Å². The maximum Gasteiger partial charge on any atom is 0.143 e. The van der Waals surface area contributed by atoms with Crippen molar-refractivity contribution in [3.05, 3.63) is 59.5 Å². The Hall–Kier alpha value is -3.10. The van der Waals surface area contributed by atoms with Gasteiger partial charge in [0.2, 0.25) is 0 Å². The van der Waals surface area contributed by atoms with Gasteiger partial charge in [-0.15, -0.1) is 0 Å². The summed E-state index contributed by atoms with van der Waals surface area (Å²) in [7, 11) is 2.18. The summed E-state index contributed by atoms with van der Waals surface area (Å²) in [5.74, 6) is 1.90. The van der Waals surface area contributed by atoms with Crippen LogP contribution in [0.3, 0.4) is 0 Å². The summed E-state index contributed by atoms with van der Waals surface area (Å²) in [5.41, 5.74) is 3.83. The third-order valence-electron chi connectivity index (χ3n) is 6.48. The van der Waals surface area contributed by atoms with E-state index in [9.17, 15) is 0 Å². The summed E-state index contributed by atoms with van der Waals surface area (Å²) >= 11 is 6.55. The number of rotatable bonds is 7. The van der Waals surface area contributed by atoms with Crippen LogP contribution in [0.5, 0.6) is 5.75 Å². The molecule has 0 unspecified atom stereocenters. The van der Waals surface area contributed by atoms with E-state index in [1.165, 1.54) is 5.56 Å². The van der Waals surface area contributed by atoms with Crippen molar-refractivity contribution in [2.24, 2.45) is 0 Å². The number of piperidine rings is 1. The van der Waals surface area contributed by atoms with Gasteiger partial charge in [0, 0.05) is 24.1 Å². The lowest BCUT2D eigenvalue weighted by Gasteiger charge is -2.28. The highest BCUT2D eigenvalue weighted by molar-refractivity contribution is 6.32. The molecule has 0 bridgehead atoms. The minimum Gasteiger partial charge on any atom is -0.486 e. The van der Waals surface area contributed by atoms with Gasteiger partial charge in [-0.25, -0.2) is 15.0 Å². The molecular weight excluding hydrogens is 450 g/mol. The van der Waals surface area contributed by atoms with Crippen LogP contribution >= 0.6 is 11.6 Å². The molecular formula is C25H30ClN7O. The number of imidazole rings is 1. The number of likely N-dealkylation sites (tertiary alicyclic amines) is 1. The predicted octanol–water partition coefficient (Wildman–Crippen LogP) is 5.52. The van der Waals surface area contributed by atoms with Gasteiger partial charge < -0.3 is 24.5 Å². The van der Waals surface area contributed by atoms with Crippen molar-refractivity contribution in [1.82, 2.24) is 29.4 Å². The Morgan fingerprint density at radius 3 is 2.76 bits per heavy atom. The first-order valence-corrected chi connectivity index (χ1v) is 12.1. The maximum absolute atomic E-state index is 6.55. The van der Waals surface area contributed by atoms with Gasteiger partial charge >= 0.3 is 0 Å². The molecule has 9 heteroatoms. The number of hydrogen-bond acceptors (Lipinski definition) is 6. The highest BCUT2D eigenvalue weighted by atomic mass is 35.5. The van der Waals surface area contributed by atoms with Gasteiger partial charge in [-0.05, 0) is 76.5 Å². The Kier molecular flexibility index (Phi) is 6.43. The minimum atomic E-state index is 0.363. The number of aromatic amines is 1. The molecule has 8 nitrogen and oxygen atoms in total. The van der Waals surface area contributed by atoms with Crippen LogP contribution in [0.4, 0.5) is 11.5 Å². The van der Waals surface area contributed by atoms with Crippen LogP contribution in [0, 0.1) is 0 Å². The number of benzene rings is 1. The van der Waals surface area contributed by atoms with E-state index in [1.807, 2.05) is 30.7 Å². The van der Waals surface area contributed by atoms with Crippen LogP contribution in [0.25, 0.3) is 11.0 Å². The van der Waals surface area contributed by atoms with Crippen LogP contribution < -0.4 is 10.1 Å². The molecule has 1 aromatic carbocycles. The minimum absolute atomic E-state index is 0.363. The number of ether oxygens (including phenoxy) is 1. The molecule has 34 heavy (non-hydrogen) atoms. The molecule has 4 aromatic rings. The molecule has 1 aliphatic rings. The molecule has 0 amide bonds. The van der Waals surface area contributed by atoms with E-state index in [0.717, 1.165) is 54.2 Å². The number of hydrogen-bond donors (Lipinski definition) is 2. The second kappa shape index (κ2) is 9.64. The van der Waals surface area contributed by atoms with Crippen molar-refractivity contribution in [2.75, 3.05) is 25.5 Å². The molecule has 178 valence electrons. The van der Waals surface area contributed by atoms with E-state index in [-0.39, 0.29) is 0 Å². The lowest BCUT2D eigenvalue weighted by Crippen LogP contribution is -2.29. The third-order valence-corrected chi connectivity index (χ3v) is 6.78. The fraction of sp³-hybridized carbons (Fsp3) is 0.400. The van der Waals surface area contributed by atoms with Gasteiger partial charge in [-0.1, -0.05) is 11.6 Å². The first-order valence-electron chi connectivity index (χ1n) is 11.7. The fourth-order valence-electron chi connectivity index (χ4n) is 4.44. The number of halogens is 1. The monoisotopic (exact) mass is 479 g/mol. The lowest BCUT2D eigenvalue weighted by atomic mass is 9.90. The molecule has 0 atom stereocenters. The molecule has 1 aliphatic heterocycles. The molecule has 5 rings (SSSR count). The topological polar surface area (TPSA) is 83.9 Å². The van der Waals surface area contributed by atoms with Crippen molar-refractivity contribution in [2.45, 2.75) is 45.3 Å². The third kappa shape index (κ3) is 4.74. The zero-order valence-electron chi connectivity index (χ0n) is 19.8. The molecule has 2 N–H and O–H groups in total. The number of anilines is 2. The molecule has 0 radical (unpaired) electrons. The quantitative estimate of drug-likeness (QED) is 0.363. The zero-order chi connectivity index (χ0) is 23.7. The smallest absolute Gasteiger partial charge is 0.143 e. The van der Waals surface area contributed by atoms with Crippen LogP contribution in [0.15, 0.2) is 43.2 Å². The average Bonchev–Trinajstić information content (AvgIpc) is 3.47. The number of H-pyrrole nitrogens is 1. The Morgan fingerprint density at radius 2 is 2.03 bits per heavy atom. The zero-order valence-corrected chi connectivity index (χ0v) is 20.5. The Morgan fingerprint density at radius 1 is 1.21 bits per heavy atom. The molecule has 4 heterocycles. The van der Waals surface area contributed by atoms with Crippen molar-refractivity contribution in [3.8, 4) is 5.75 Å². The highest BCUT2D eigenvalue weighted by Gasteiger charge is 2.23. The van der Waals surface area contributed by atoms with E-state index in [1.54, 1.807) is 6.33 Å². The Balaban J connectivity index is 1.32. The lowest BCUT2D eigenvalue weighted by molar-refractivity contribution is 0.256. The molecule has 3 aromatic heterocycles. The number of nitrogens with zero attached hydrogens (tertiary/aromatic N) is 5. The van der Waals surface area contributed by atoms with Gasteiger partial charge in [-0.3, -0.25) is 0 Å². The van der Waals surface area contributed by atoms with Crippen molar-refractivity contribution in [1.29, 1.82) is 0 Å². The number of aromatic nitrogens is 5. The number of fused-ring (bicyclic) bond motifs is 1. The molecule has 0 spiro atoms. The summed E-state index contributed by atoms with van der Waals surface area (Å²) in [5, 5.41) is 5.02. The first kappa shape index (κ1) is 22.7. The summed E-state index contributed by atoms with van der Waals surface area (Å²) in [6.45, 7) is 6.79. The summed E-state index contributed by atoms with van der Waals surface area (Å²) in [6.07, 6.45) is 9.74. The van der Waals surface area contributed by atoms with Gasteiger partial charge in [-0.2, -0.15) is 0 Å². The van der Waals surface area contributed by atoms with Crippen LogP contribution in [0.1, 0.15) is 49.9 Å². The van der Waals surface area contributed by atoms with E-state index >= 15 is 0 Å². The highest BCUT2D eigenvalue weighted by Crippen LogP contribution is 2.36. The standard InChI is InChI=1S/C25H30ClN7O/c1-16(2)33-12-19(30-15-33)13-34-22-5-4-18(10-21(22)26)31-25-23-20(11-27-24(23)28-14-29-25)17-6-8-32(3)9-7-17/h4-5,10-12,14-17H,6-9,13H2,1-3H3,(H2,27,28,29,31). The Bertz CT molecular complexity index is 1270. The summed E-state index contributed by atoms with van der Waals surface area (Å²) < 4.78 is 7.97. The van der Waals surface area contributed by atoms with Crippen LogP contribution in [0.2, 0.25) is 5.02 Å². The molecule has 0 aliphatic carbocycles. The van der Waals surface area contributed by atoms with E-state index in [4.69, 9.17) is 16.3 Å². The molecule has 0 saturated carbocycles. The second-order valence-corrected chi connectivity index (χ2v) is 9.64. The average molecular weight is 480 g/mol. The molecule has 1 fully saturated rings. The van der Waals surface area contributed by atoms with Gasteiger partial charge in [0.15, 0.2) is 0 Å². The van der Waals surface area contributed by atoms with Crippen molar-refractivity contribution < 1.29 is 4.74 Å². The van der Waals surface area contributed by atoms with Crippen LogP contribution in [-0.2, 0) is 6.61 Å². The Labute approximate surface area is 204 Å². The van der Waals surface area contributed by atoms with Gasteiger partial charge in [0.05, 0.1) is 22.4 Å².